The second-order valence-electron chi connectivity index (χ2n) is 7.44. The van der Waals surface area contributed by atoms with Gasteiger partial charge in [0.05, 0.1) is 0 Å². The molecule has 2 aromatic rings. The summed E-state index contributed by atoms with van der Waals surface area (Å²) < 4.78 is 20.6. The maximum atomic E-state index is 14.2. The lowest BCUT2D eigenvalue weighted by Gasteiger charge is -2.50. The zero-order valence-corrected chi connectivity index (χ0v) is 13.9. The van der Waals surface area contributed by atoms with Gasteiger partial charge in [0.25, 0.3) is 0 Å². The average molecular weight is 338 g/mol. The molecule has 3 fully saturated rings. The van der Waals surface area contributed by atoms with Crippen molar-refractivity contribution in [2.24, 2.45) is 5.92 Å². The topological polar surface area (TPSA) is 42.4 Å². The molecule has 2 bridgehead atoms. The molecule has 25 heavy (non-hydrogen) atoms. The maximum Gasteiger partial charge on any atom is 0.217 e. The lowest BCUT2D eigenvalue weighted by molar-refractivity contribution is -0.0814. The summed E-state index contributed by atoms with van der Waals surface area (Å²) in [7, 11) is 0. The van der Waals surface area contributed by atoms with Crippen LogP contribution in [0.4, 0.5) is 4.39 Å². The highest BCUT2D eigenvalue weighted by Crippen LogP contribution is 2.46. The molecule has 3 saturated heterocycles. The van der Waals surface area contributed by atoms with Crippen LogP contribution >= 0.6 is 0 Å². The van der Waals surface area contributed by atoms with Crippen LogP contribution in [0, 0.1) is 11.7 Å². The number of halogens is 1. The number of carbonyl (C=O) groups excluding carboxylic acids is 1. The van der Waals surface area contributed by atoms with Gasteiger partial charge in [-0.15, -0.1) is 0 Å². The minimum absolute atomic E-state index is 0.159. The lowest BCUT2D eigenvalue weighted by Crippen LogP contribution is -2.61. The van der Waals surface area contributed by atoms with Crippen molar-refractivity contribution < 1.29 is 13.9 Å². The van der Waals surface area contributed by atoms with E-state index in [1.54, 1.807) is 12.3 Å². The number of carbonyl (C=O) groups is 1. The van der Waals surface area contributed by atoms with Crippen LogP contribution in [-0.2, 0) is 6.42 Å². The second-order valence-corrected chi connectivity index (χ2v) is 7.44. The normalized spacial score (nSPS) is 29.5. The Kier molecular flexibility index (Phi) is 3.22. The van der Waals surface area contributed by atoms with Crippen molar-refractivity contribution in [3.8, 4) is 17.0 Å². The van der Waals surface area contributed by atoms with Crippen LogP contribution in [0.3, 0.4) is 0 Å². The Labute approximate surface area is 145 Å². The Hall–Kier alpha value is -2.27. The van der Waals surface area contributed by atoms with Crippen molar-refractivity contribution in [1.29, 1.82) is 0 Å². The third-order valence-corrected chi connectivity index (χ3v) is 5.98. The van der Waals surface area contributed by atoms with Crippen LogP contribution in [0.25, 0.3) is 11.1 Å². The molecular formula is C20H19FN2O2. The molecule has 1 aromatic carbocycles. The summed E-state index contributed by atoms with van der Waals surface area (Å²) in [5, 5.41) is 0. The molecule has 1 aromatic heterocycles. The lowest BCUT2D eigenvalue weighted by atomic mass is 9.73. The first-order valence-corrected chi connectivity index (χ1v) is 8.82. The van der Waals surface area contributed by atoms with Crippen LogP contribution in [-0.4, -0.2) is 41.4 Å². The first kappa shape index (κ1) is 15.0. The SMILES string of the molecule is O=Cc1ccc(F)c(-c2cnc3c(c2)C[C@@]2(CN4CCC2CC4)O3)c1. The minimum atomic E-state index is -0.344. The van der Waals surface area contributed by atoms with Crippen molar-refractivity contribution in [3.05, 3.63) is 47.4 Å². The van der Waals surface area contributed by atoms with Crippen LogP contribution < -0.4 is 4.74 Å². The Bertz CT molecular complexity index is 861. The number of benzene rings is 1. The molecule has 5 heteroatoms. The van der Waals surface area contributed by atoms with E-state index in [9.17, 15) is 9.18 Å². The molecule has 4 aliphatic rings. The van der Waals surface area contributed by atoms with Gasteiger partial charge in [0.2, 0.25) is 5.88 Å². The molecule has 0 aliphatic carbocycles. The fraction of sp³-hybridized carbons (Fsp3) is 0.400. The predicted octanol–water partition coefficient (Wildman–Crippen LogP) is 3.10. The summed E-state index contributed by atoms with van der Waals surface area (Å²) in [6.07, 6.45) is 5.56. The molecule has 5 heterocycles. The standard InChI is InChI=1S/C20H19FN2O2/c21-18-2-1-13(11-24)7-17(18)15-8-14-9-20(25-19(14)22-10-15)12-23-5-3-16(20)4-6-23/h1-2,7-8,10-11,16H,3-6,9,12H2/t20-/m0/s1. The van der Waals surface area contributed by atoms with E-state index in [-0.39, 0.29) is 11.4 Å². The van der Waals surface area contributed by atoms with Gasteiger partial charge in [-0.3, -0.25) is 9.69 Å². The highest BCUT2D eigenvalue weighted by Gasteiger charge is 2.52. The van der Waals surface area contributed by atoms with E-state index < -0.39 is 0 Å². The van der Waals surface area contributed by atoms with Crippen molar-refractivity contribution >= 4 is 6.29 Å². The van der Waals surface area contributed by atoms with Gasteiger partial charge >= 0.3 is 0 Å². The molecule has 6 rings (SSSR count). The predicted molar refractivity (Wildman–Crippen MR) is 91.2 cm³/mol. The fourth-order valence-electron chi connectivity index (χ4n) is 4.69. The fourth-order valence-corrected chi connectivity index (χ4v) is 4.69. The second kappa shape index (κ2) is 5.36. The van der Waals surface area contributed by atoms with Crippen molar-refractivity contribution in [3.63, 3.8) is 0 Å². The summed E-state index contributed by atoms with van der Waals surface area (Å²) in [5.41, 5.74) is 2.45. The Morgan fingerprint density at radius 2 is 2.12 bits per heavy atom. The van der Waals surface area contributed by atoms with E-state index in [2.05, 4.69) is 9.88 Å². The Morgan fingerprint density at radius 1 is 1.28 bits per heavy atom. The van der Waals surface area contributed by atoms with E-state index in [0.717, 1.165) is 37.9 Å². The number of nitrogens with zero attached hydrogens (tertiary/aromatic N) is 2. The summed E-state index contributed by atoms with van der Waals surface area (Å²) >= 11 is 0. The van der Waals surface area contributed by atoms with E-state index in [0.29, 0.717) is 28.5 Å². The molecule has 4 nitrogen and oxygen atoms in total. The molecule has 128 valence electrons. The molecule has 0 radical (unpaired) electrons. The van der Waals surface area contributed by atoms with Gasteiger partial charge in [-0.25, -0.2) is 9.37 Å². The summed E-state index contributed by atoms with van der Waals surface area (Å²) in [4.78, 5) is 17.9. The quantitative estimate of drug-likeness (QED) is 0.789. The van der Waals surface area contributed by atoms with E-state index >= 15 is 0 Å². The number of hydrogen-bond donors (Lipinski definition) is 0. The largest absolute Gasteiger partial charge is 0.469 e. The molecule has 0 N–H and O–H groups in total. The number of aromatic nitrogens is 1. The Balaban J connectivity index is 1.51. The Morgan fingerprint density at radius 3 is 2.84 bits per heavy atom. The molecular weight excluding hydrogens is 319 g/mol. The van der Waals surface area contributed by atoms with Crippen LogP contribution in [0.15, 0.2) is 30.5 Å². The van der Waals surface area contributed by atoms with Crippen LogP contribution in [0.5, 0.6) is 5.88 Å². The monoisotopic (exact) mass is 338 g/mol. The van der Waals surface area contributed by atoms with Gasteiger partial charge in [0.1, 0.15) is 17.7 Å². The smallest absolute Gasteiger partial charge is 0.217 e. The molecule has 0 amide bonds. The first-order chi connectivity index (χ1) is 12.2. The van der Waals surface area contributed by atoms with Gasteiger partial charge in [0.15, 0.2) is 0 Å². The van der Waals surface area contributed by atoms with E-state index in [1.807, 2.05) is 6.07 Å². The molecule has 1 spiro atoms. The number of fused-ring (bicyclic) bond motifs is 3. The highest BCUT2D eigenvalue weighted by molar-refractivity contribution is 5.79. The molecule has 0 unspecified atom stereocenters. The van der Waals surface area contributed by atoms with Crippen molar-refractivity contribution in [1.82, 2.24) is 9.88 Å². The third-order valence-electron chi connectivity index (χ3n) is 5.98. The van der Waals surface area contributed by atoms with E-state index in [4.69, 9.17) is 4.74 Å². The first-order valence-electron chi connectivity index (χ1n) is 8.82. The number of rotatable bonds is 2. The number of piperidine rings is 3. The van der Waals surface area contributed by atoms with Gasteiger partial charge in [0, 0.05) is 47.3 Å². The van der Waals surface area contributed by atoms with Crippen LogP contribution in [0.2, 0.25) is 0 Å². The van der Waals surface area contributed by atoms with E-state index in [1.165, 1.54) is 25.0 Å². The molecule has 0 saturated carbocycles. The zero-order valence-electron chi connectivity index (χ0n) is 13.9. The summed E-state index contributed by atoms with van der Waals surface area (Å²) in [6, 6.07) is 6.36. The zero-order chi connectivity index (χ0) is 17.0. The van der Waals surface area contributed by atoms with Gasteiger partial charge in [-0.1, -0.05) is 0 Å². The highest BCUT2D eigenvalue weighted by atomic mass is 19.1. The molecule has 1 atom stereocenters. The number of hydrogen-bond acceptors (Lipinski definition) is 4. The van der Waals surface area contributed by atoms with Gasteiger partial charge in [-0.05, 0) is 50.2 Å². The van der Waals surface area contributed by atoms with Crippen molar-refractivity contribution in [2.45, 2.75) is 24.9 Å². The van der Waals surface area contributed by atoms with Crippen LogP contribution in [0.1, 0.15) is 28.8 Å². The minimum Gasteiger partial charge on any atom is -0.469 e. The van der Waals surface area contributed by atoms with Gasteiger partial charge in [-0.2, -0.15) is 0 Å². The summed E-state index contributed by atoms with van der Waals surface area (Å²) in [5.74, 6) is 0.915. The average Bonchev–Trinajstić information content (AvgIpc) is 2.99. The number of aldehydes is 1. The number of pyridine rings is 1. The van der Waals surface area contributed by atoms with Gasteiger partial charge < -0.3 is 4.74 Å². The van der Waals surface area contributed by atoms with Crippen molar-refractivity contribution in [2.75, 3.05) is 19.6 Å². The third kappa shape index (κ3) is 2.29. The summed E-state index contributed by atoms with van der Waals surface area (Å²) in [6.45, 7) is 3.28. The number of ether oxygens (including phenoxy) is 1. The maximum absolute atomic E-state index is 14.2. The molecule has 4 aliphatic heterocycles.